The van der Waals surface area contributed by atoms with Gasteiger partial charge >= 0.3 is 5.97 Å². The molecule has 0 bridgehead atoms. The fourth-order valence-electron chi connectivity index (χ4n) is 3.51. The van der Waals surface area contributed by atoms with Gasteiger partial charge in [-0.15, -0.1) is 0 Å². The monoisotopic (exact) mass is 520 g/mol. The van der Waals surface area contributed by atoms with Crippen LogP contribution < -0.4 is 19.0 Å². The number of esters is 1. The van der Waals surface area contributed by atoms with Crippen LogP contribution in [0, 0.1) is 0 Å². The van der Waals surface area contributed by atoms with Gasteiger partial charge in [-0.25, -0.2) is 8.42 Å². The molecule has 10 nitrogen and oxygen atoms in total. The molecule has 0 fully saturated rings. The van der Waals surface area contributed by atoms with Crippen LogP contribution in [-0.4, -0.2) is 51.1 Å². The van der Waals surface area contributed by atoms with Crippen LogP contribution in [0.2, 0.25) is 0 Å². The smallest absolute Gasteiger partial charge is 0.326 e. The molecule has 0 N–H and O–H groups in total. The Kier molecular flexibility index (Phi) is 7.41. The molecule has 2 heterocycles. The summed E-state index contributed by atoms with van der Waals surface area (Å²) >= 11 is 1.22. The third kappa shape index (κ3) is 5.65. The minimum Gasteiger partial charge on any atom is -0.497 e. The van der Waals surface area contributed by atoms with Crippen LogP contribution in [0.3, 0.4) is 0 Å². The normalized spacial score (nSPS) is 13.3. The van der Waals surface area contributed by atoms with Crippen LogP contribution in [0.5, 0.6) is 17.2 Å². The van der Waals surface area contributed by atoms with Crippen LogP contribution in [0.1, 0.15) is 19.8 Å². The maximum atomic E-state index is 12.6. The SMILES string of the molecule is CCOC(=O)Cn1c(=NC(=O)CCCS(=O)(=O)c2ccc(OC)cc2)sc2cc3c(cc21)OCO3. The molecule has 186 valence electrons. The van der Waals surface area contributed by atoms with E-state index in [9.17, 15) is 18.0 Å². The third-order valence-electron chi connectivity index (χ3n) is 5.21. The number of nitrogens with zero attached hydrogens (tertiary/aromatic N) is 2. The number of hydrogen-bond acceptors (Lipinski definition) is 9. The molecule has 35 heavy (non-hydrogen) atoms. The lowest BCUT2D eigenvalue weighted by molar-refractivity contribution is -0.143. The summed E-state index contributed by atoms with van der Waals surface area (Å²) in [5, 5.41) is 0. The van der Waals surface area contributed by atoms with Crippen molar-refractivity contribution in [2.45, 2.75) is 31.2 Å². The number of benzene rings is 2. The van der Waals surface area contributed by atoms with Crippen LogP contribution in [-0.2, 0) is 30.7 Å². The first kappa shape index (κ1) is 24.7. The van der Waals surface area contributed by atoms with Gasteiger partial charge in [0.1, 0.15) is 12.3 Å². The molecule has 0 saturated carbocycles. The summed E-state index contributed by atoms with van der Waals surface area (Å²) in [4.78, 5) is 29.4. The van der Waals surface area contributed by atoms with Crippen molar-refractivity contribution in [1.82, 2.24) is 4.57 Å². The molecule has 3 aromatic rings. The summed E-state index contributed by atoms with van der Waals surface area (Å²) in [7, 11) is -2.05. The molecule has 0 radical (unpaired) electrons. The lowest BCUT2D eigenvalue weighted by Crippen LogP contribution is -2.23. The topological polar surface area (TPSA) is 122 Å². The van der Waals surface area contributed by atoms with E-state index in [4.69, 9.17) is 18.9 Å². The second-order valence-corrected chi connectivity index (χ2v) is 10.7. The largest absolute Gasteiger partial charge is 0.497 e. The average Bonchev–Trinajstić information content (AvgIpc) is 3.41. The van der Waals surface area contributed by atoms with E-state index in [1.165, 1.54) is 30.6 Å². The molecule has 1 aliphatic heterocycles. The van der Waals surface area contributed by atoms with Crippen molar-refractivity contribution in [1.29, 1.82) is 0 Å². The fourth-order valence-corrected chi connectivity index (χ4v) is 5.88. The Balaban J connectivity index is 1.53. The number of sulfone groups is 1. The van der Waals surface area contributed by atoms with Gasteiger partial charge in [-0.1, -0.05) is 11.3 Å². The predicted molar refractivity (Wildman–Crippen MR) is 127 cm³/mol. The van der Waals surface area contributed by atoms with Crippen LogP contribution >= 0.6 is 11.3 Å². The summed E-state index contributed by atoms with van der Waals surface area (Å²) in [6.45, 7) is 1.91. The predicted octanol–water partition coefficient (Wildman–Crippen LogP) is 2.68. The van der Waals surface area contributed by atoms with Gasteiger partial charge in [0.15, 0.2) is 26.1 Å². The number of carbonyl (C=O) groups excluding carboxylic acids is 2. The first-order valence-corrected chi connectivity index (χ1v) is 13.3. The molecule has 0 atom stereocenters. The number of thiazole rings is 1. The summed E-state index contributed by atoms with van der Waals surface area (Å²) in [6, 6.07) is 9.60. The van der Waals surface area contributed by atoms with E-state index in [-0.39, 0.29) is 43.4 Å². The van der Waals surface area contributed by atoms with Crippen molar-refractivity contribution in [3.05, 3.63) is 41.2 Å². The van der Waals surface area contributed by atoms with Crippen molar-refractivity contribution in [2.24, 2.45) is 4.99 Å². The highest BCUT2D eigenvalue weighted by Gasteiger charge is 2.20. The van der Waals surface area contributed by atoms with Crippen molar-refractivity contribution in [3.63, 3.8) is 0 Å². The molecule has 1 amide bonds. The maximum absolute atomic E-state index is 12.6. The van der Waals surface area contributed by atoms with Gasteiger partial charge in [0.25, 0.3) is 0 Å². The van der Waals surface area contributed by atoms with E-state index >= 15 is 0 Å². The number of aromatic nitrogens is 1. The Morgan fingerprint density at radius 2 is 1.86 bits per heavy atom. The Labute approximate surface area is 205 Å². The van der Waals surface area contributed by atoms with E-state index in [0.29, 0.717) is 27.6 Å². The van der Waals surface area contributed by atoms with E-state index in [1.54, 1.807) is 35.8 Å². The Hall–Kier alpha value is -3.38. The molecule has 1 aliphatic rings. The number of rotatable bonds is 9. The van der Waals surface area contributed by atoms with Gasteiger partial charge in [-0.2, -0.15) is 4.99 Å². The van der Waals surface area contributed by atoms with E-state index in [0.717, 1.165) is 4.70 Å². The number of hydrogen-bond donors (Lipinski definition) is 0. The molecule has 12 heteroatoms. The van der Waals surface area contributed by atoms with Gasteiger partial charge < -0.3 is 23.5 Å². The summed E-state index contributed by atoms with van der Waals surface area (Å²) in [5.41, 5.74) is 0.654. The Morgan fingerprint density at radius 3 is 2.54 bits per heavy atom. The molecule has 0 aliphatic carbocycles. The van der Waals surface area contributed by atoms with Gasteiger partial charge in [0.2, 0.25) is 12.7 Å². The molecular formula is C23H24N2O8S2. The van der Waals surface area contributed by atoms with Crippen molar-refractivity contribution in [3.8, 4) is 17.2 Å². The Morgan fingerprint density at radius 1 is 1.14 bits per heavy atom. The zero-order valence-corrected chi connectivity index (χ0v) is 20.8. The molecule has 0 saturated heterocycles. The zero-order chi connectivity index (χ0) is 25.0. The average molecular weight is 521 g/mol. The Bertz CT molecular complexity index is 1420. The molecule has 1 aromatic heterocycles. The van der Waals surface area contributed by atoms with Crippen molar-refractivity contribution in [2.75, 3.05) is 26.3 Å². The highest BCUT2D eigenvalue weighted by atomic mass is 32.2. The number of methoxy groups -OCH3 is 1. The van der Waals surface area contributed by atoms with Gasteiger partial charge in [0.05, 0.1) is 34.6 Å². The fraction of sp³-hybridized carbons (Fsp3) is 0.348. The molecule has 2 aromatic carbocycles. The third-order valence-corrected chi connectivity index (χ3v) is 8.07. The second-order valence-electron chi connectivity index (χ2n) is 7.55. The van der Waals surface area contributed by atoms with Crippen LogP contribution in [0.15, 0.2) is 46.3 Å². The second kappa shape index (κ2) is 10.5. The van der Waals surface area contributed by atoms with Gasteiger partial charge in [0, 0.05) is 18.6 Å². The minimum absolute atomic E-state index is 0.0637. The molecule has 0 unspecified atom stereocenters. The lowest BCUT2D eigenvalue weighted by atomic mass is 10.3. The van der Waals surface area contributed by atoms with Gasteiger partial charge in [-0.3, -0.25) is 9.59 Å². The zero-order valence-electron chi connectivity index (χ0n) is 19.2. The summed E-state index contributed by atoms with van der Waals surface area (Å²) in [5.74, 6) is 0.513. The minimum atomic E-state index is -3.55. The molecule has 0 spiro atoms. The standard InChI is InChI=1S/C23H24N2O8S2/c1-3-31-22(27)13-25-17-11-18-19(33-14-32-18)12-20(17)34-23(25)24-21(26)5-4-10-35(28,29)16-8-6-15(30-2)7-9-16/h6-9,11-12H,3-5,10,13-14H2,1-2H3. The number of amides is 1. The first-order chi connectivity index (χ1) is 16.8. The quantitative estimate of drug-likeness (QED) is 0.395. The number of fused-ring (bicyclic) bond motifs is 2. The number of carbonyl (C=O) groups is 2. The first-order valence-electron chi connectivity index (χ1n) is 10.8. The summed E-state index contributed by atoms with van der Waals surface area (Å²) < 4.78 is 48.4. The van der Waals surface area contributed by atoms with Crippen molar-refractivity contribution < 1.29 is 37.0 Å². The van der Waals surface area contributed by atoms with Crippen molar-refractivity contribution >= 4 is 43.3 Å². The highest BCUT2D eigenvalue weighted by Crippen LogP contribution is 2.37. The summed E-state index contributed by atoms with van der Waals surface area (Å²) in [6.07, 6.45) is 0.0429. The van der Waals surface area contributed by atoms with Crippen LogP contribution in [0.4, 0.5) is 0 Å². The van der Waals surface area contributed by atoms with E-state index in [2.05, 4.69) is 4.99 Å². The maximum Gasteiger partial charge on any atom is 0.326 e. The lowest BCUT2D eigenvalue weighted by Gasteiger charge is -2.06. The molecule has 4 rings (SSSR count). The molecular weight excluding hydrogens is 496 g/mol. The van der Waals surface area contributed by atoms with Crippen LogP contribution in [0.25, 0.3) is 10.2 Å². The van der Waals surface area contributed by atoms with E-state index < -0.39 is 21.7 Å². The van der Waals surface area contributed by atoms with E-state index in [1.807, 2.05) is 0 Å². The highest BCUT2D eigenvalue weighted by molar-refractivity contribution is 7.91. The number of ether oxygens (including phenoxy) is 4. The van der Waals surface area contributed by atoms with Gasteiger partial charge in [-0.05, 0) is 37.6 Å².